The Kier molecular flexibility index (Phi) is 2.23. The SMILES string of the molecule is CC(C)(c1cocn1)c1ccccc1N. The highest BCUT2D eigenvalue weighted by Crippen LogP contribution is 2.33. The molecular weight excluding hydrogens is 188 g/mol. The van der Waals surface area contributed by atoms with Gasteiger partial charge in [0.2, 0.25) is 0 Å². The number of para-hydroxylation sites is 1. The maximum absolute atomic E-state index is 5.95. The second-order valence-corrected chi connectivity index (χ2v) is 4.09. The number of nitrogens with two attached hydrogens (primary N) is 1. The molecule has 0 amide bonds. The summed E-state index contributed by atoms with van der Waals surface area (Å²) in [7, 11) is 0. The zero-order valence-electron chi connectivity index (χ0n) is 8.90. The van der Waals surface area contributed by atoms with Crippen LogP contribution in [-0.2, 0) is 5.41 Å². The van der Waals surface area contributed by atoms with Gasteiger partial charge in [0.05, 0.1) is 5.69 Å². The monoisotopic (exact) mass is 202 g/mol. The topological polar surface area (TPSA) is 52.0 Å². The number of nitrogens with zero attached hydrogens (tertiary/aromatic N) is 1. The number of hydrogen-bond acceptors (Lipinski definition) is 3. The minimum atomic E-state index is -0.224. The molecule has 0 fully saturated rings. The molecule has 0 bridgehead atoms. The molecule has 0 aliphatic carbocycles. The lowest BCUT2D eigenvalue weighted by Crippen LogP contribution is -2.20. The van der Waals surface area contributed by atoms with Gasteiger partial charge in [-0.05, 0) is 25.5 Å². The molecule has 0 atom stereocenters. The number of rotatable bonds is 2. The fourth-order valence-electron chi connectivity index (χ4n) is 1.73. The summed E-state index contributed by atoms with van der Waals surface area (Å²) in [4.78, 5) is 4.18. The van der Waals surface area contributed by atoms with Gasteiger partial charge in [-0.3, -0.25) is 0 Å². The molecule has 0 aliphatic rings. The molecule has 1 aromatic carbocycles. The van der Waals surface area contributed by atoms with Gasteiger partial charge in [0.15, 0.2) is 6.39 Å². The number of nitrogen functional groups attached to an aromatic ring is 1. The number of benzene rings is 1. The van der Waals surface area contributed by atoms with Crippen molar-refractivity contribution in [2.45, 2.75) is 19.3 Å². The van der Waals surface area contributed by atoms with Crippen molar-refractivity contribution in [3.63, 3.8) is 0 Å². The van der Waals surface area contributed by atoms with Crippen LogP contribution in [0.25, 0.3) is 0 Å². The van der Waals surface area contributed by atoms with E-state index in [9.17, 15) is 0 Å². The van der Waals surface area contributed by atoms with Gasteiger partial charge in [0.25, 0.3) is 0 Å². The molecule has 3 heteroatoms. The molecule has 1 aromatic heterocycles. The molecule has 0 saturated carbocycles. The lowest BCUT2D eigenvalue weighted by Gasteiger charge is -2.24. The van der Waals surface area contributed by atoms with E-state index in [0.717, 1.165) is 16.9 Å². The zero-order chi connectivity index (χ0) is 10.9. The molecule has 0 unspecified atom stereocenters. The lowest BCUT2D eigenvalue weighted by atomic mass is 9.81. The largest absolute Gasteiger partial charge is 0.451 e. The first-order chi connectivity index (χ1) is 7.12. The highest BCUT2D eigenvalue weighted by Gasteiger charge is 2.27. The number of aromatic nitrogens is 1. The molecule has 1 heterocycles. The van der Waals surface area contributed by atoms with Gasteiger partial charge in [0.1, 0.15) is 6.26 Å². The third-order valence-electron chi connectivity index (χ3n) is 2.71. The molecule has 3 nitrogen and oxygen atoms in total. The third kappa shape index (κ3) is 1.61. The van der Waals surface area contributed by atoms with Gasteiger partial charge >= 0.3 is 0 Å². The van der Waals surface area contributed by atoms with Crippen LogP contribution >= 0.6 is 0 Å². The van der Waals surface area contributed by atoms with Crippen molar-refractivity contribution < 1.29 is 4.42 Å². The second kappa shape index (κ2) is 3.42. The van der Waals surface area contributed by atoms with Crippen molar-refractivity contribution in [2.24, 2.45) is 0 Å². The summed E-state index contributed by atoms with van der Waals surface area (Å²) in [6, 6.07) is 7.83. The van der Waals surface area contributed by atoms with Gasteiger partial charge in [-0.15, -0.1) is 0 Å². The van der Waals surface area contributed by atoms with Crippen LogP contribution < -0.4 is 5.73 Å². The van der Waals surface area contributed by atoms with E-state index in [2.05, 4.69) is 18.8 Å². The average Bonchev–Trinajstić information content (AvgIpc) is 2.71. The van der Waals surface area contributed by atoms with E-state index in [1.165, 1.54) is 6.39 Å². The first-order valence-corrected chi connectivity index (χ1v) is 4.86. The summed E-state index contributed by atoms with van der Waals surface area (Å²) in [6.45, 7) is 4.16. The Morgan fingerprint density at radius 1 is 1.27 bits per heavy atom. The highest BCUT2D eigenvalue weighted by molar-refractivity contribution is 5.52. The molecule has 15 heavy (non-hydrogen) atoms. The number of anilines is 1. The molecule has 2 rings (SSSR count). The molecule has 0 spiro atoms. The van der Waals surface area contributed by atoms with Crippen LogP contribution in [0.15, 0.2) is 41.3 Å². The van der Waals surface area contributed by atoms with Crippen LogP contribution in [0.5, 0.6) is 0 Å². The van der Waals surface area contributed by atoms with Crippen molar-refractivity contribution in [1.29, 1.82) is 0 Å². The van der Waals surface area contributed by atoms with Gasteiger partial charge in [-0.2, -0.15) is 0 Å². The first kappa shape index (κ1) is 9.77. The van der Waals surface area contributed by atoms with Crippen molar-refractivity contribution in [3.05, 3.63) is 48.2 Å². The van der Waals surface area contributed by atoms with Crippen molar-refractivity contribution in [1.82, 2.24) is 4.98 Å². The van der Waals surface area contributed by atoms with Gasteiger partial charge in [-0.25, -0.2) is 4.98 Å². The number of hydrogen-bond donors (Lipinski definition) is 1. The molecule has 0 aliphatic heterocycles. The minimum Gasteiger partial charge on any atom is -0.451 e. The van der Waals surface area contributed by atoms with Crippen LogP contribution in [-0.4, -0.2) is 4.98 Å². The predicted octanol–water partition coefficient (Wildman–Crippen LogP) is 2.58. The van der Waals surface area contributed by atoms with E-state index < -0.39 is 0 Å². The van der Waals surface area contributed by atoms with E-state index in [-0.39, 0.29) is 5.41 Å². The van der Waals surface area contributed by atoms with Crippen molar-refractivity contribution in [3.8, 4) is 0 Å². The van der Waals surface area contributed by atoms with E-state index in [0.29, 0.717) is 0 Å². The predicted molar refractivity (Wildman–Crippen MR) is 59.5 cm³/mol. The van der Waals surface area contributed by atoms with Gasteiger partial charge < -0.3 is 10.2 Å². The summed E-state index contributed by atoms with van der Waals surface area (Å²) in [5, 5.41) is 0. The zero-order valence-corrected chi connectivity index (χ0v) is 8.90. The Morgan fingerprint density at radius 2 is 2.00 bits per heavy atom. The summed E-state index contributed by atoms with van der Waals surface area (Å²) in [6.07, 6.45) is 3.10. The summed E-state index contributed by atoms with van der Waals surface area (Å²) in [5.74, 6) is 0. The van der Waals surface area contributed by atoms with Crippen LogP contribution in [0.4, 0.5) is 5.69 Å². The molecule has 2 aromatic rings. The molecule has 78 valence electrons. The Bertz CT molecular complexity index is 446. The Balaban J connectivity index is 2.51. The van der Waals surface area contributed by atoms with E-state index in [1.54, 1.807) is 6.26 Å². The maximum atomic E-state index is 5.95. The van der Waals surface area contributed by atoms with Crippen molar-refractivity contribution in [2.75, 3.05) is 5.73 Å². The highest BCUT2D eigenvalue weighted by atomic mass is 16.3. The average molecular weight is 202 g/mol. The molecule has 0 saturated heterocycles. The van der Waals surface area contributed by atoms with Gasteiger partial charge in [0, 0.05) is 11.1 Å². The molecular formula is C12H14N2O. The summed E-state index contributed by atoms with van der Waals surface area (Å²) >= 11 is 0. The maximum Gasteiger partial charge on any atom is 0.180 e. The lowest BCUT2D eigenvalue weighted by molar-refractivity contribution is 0.548. The van der Waals surface area contributed by atoms with E-state index in [1.807, 2.05) is 24.3 Å². The minimum absolute atomic E-state index is 0.224. The van der Waals surface area contributed by atoms with Crippen LogP contribution in [0.1, 0.15) is 25.1 Å². The van der Waals surface area contributed by atoms with Crippen LogP contribution in [0, 0.1) is 0 Å². The Hall–Kier alpha value is -1.77. The van der Waals surface area contributed by atoms with E-state index >= 15 is 0 Å². The molecule has 2 N–H and O–H groups in total. The Morgan fingerprint density at radius 3 is 2.60 bits per heavy atom. The number of oxazole rings is 1. The fraction of sp³-hybridized carbons (Fsp3) is 0.250. The Labute approximate surface area is 88.9 Å². The standard InChI is InChI=1S/C12H14N2O/c1-12(2,11-7-15-8-14-11)9-5-3-4-6-10(9)13/h3-8H,13H2,1-2H3. The fourth-order valence-corrected chi connectivity index (χ4v) is 1.73. The smallest absolute Gasteiger partial charge is 0.180 e. The quantitative estimate of drug-likeness (QED) is 0.761. The second-order valence-electron chi connectivity index (χ2n) is 4.09. The summed E-state index contributed by atoms with van der Waals surface area (Å²) in [5.41, 5.74) is 8.47. The molecule has 0 radical (unpaired) electrons. The summed E-state index contributed by atoms with van der Waals surface area (Å²) < 4.78 is 5.01. The van der Waals surface area contributed by atoms with Gasteiger partial charge in [-0.1, -0.05) is 18.2 Å². The van der Waals surface area contributed by atoms with Crippen molar-refractivity contribution >= 4 is 5.69 Å². The van der Waals surface area contributed by atoms with Crippen LogP contribution in [0.3, 0.4) is 0 Å². The first-order valence-electron chi connectivity index (χ1n) is 4.86. The normalized spacial score (nSPS) is 11.6. The van der Waals surface area contributed by atoms with E-state index in [4.69, 9.17) is 10.2 Å². The van der Waals surface area contributed by atoms with Crippen LogP contribution in [0.2, 0.25) is 0 Å². The third-order valence-corrected chi connectivity index (χ3v) is 2.71.